The van der Waals surface area contributed by atoms with Gasteiger partial charge in [0.05, 0.1) is 10.8 Å². The van der Waals surface area contributed by atoms with Crippen molar-refractivity contribution < 1.29 is 27.2 Å². The molecule has 2 heterocycles. The Hall–Kier alpha value is -3.07. The van der Waals surface area contributed by atoms with Gasteiger partial charge in [0.2, 0.25) is 0 Å². The Kier molecular flexibility index (Phi) is 4.09. The lowest BCUT2D eigenvalue weighted by Gasteiger charge is -2.58. The highest BCUT2D eigenvalue weighted by atomic mass is 32.2. The van der Waals surface area contributed by atoms with Gasteiger partial charge >= 0.3 is 5.97 Å². The summed E-state index contributed by atoms with van der Waals surface area (Å²) in [6.07, 6.45) is 7.57. The van der Waals surface area contributed by atoms with E-state index in [2.05, 4.69) is 4.98 Å². The van der Waals surface area contributed by atoms with Crippen LogP contribution in [-0.2, 0) is 21.6 Å². The highest BCUT2D eigenvalue weighted by Crippen LogP contribution is 2.60. The highest BCUT2D eigenvalue weighted by molar-refractivity contribution is 7.90. The molecule has 1 aromatic carbocycles. The van der Waals surface area contributed by atoms with Gasteiger partial charge in [0, 0.05) is 46.3 Å². The normalized spacial score (nSPS) is 31.2. The molecular weight excluding hydrogens is 468 g/mol. The standard InChI is InChI=1S/C26H28N2O6S/c1-28-13-20(18-5-6-27-23(18)24(28)29)19-9-17(35(2,32)33)3-4-21(19)34-26-10-14-7-15(11-26)22(25(30)31)16(8-14)12-26/h3-6,9,13-16,22,27H,7-8,10-12H2,1-2H3,(H,30,31)/i1D3. The van der Waals surface area contributed by atoms with Crippen LogP contribution in [0.25, 0.3) is 22.0 Å². The molecule has 184 valence electrons. The Morgan fingerprint density at radius 3 is 2.60 bits per heavy atom. The van der Waals surface area contributed by atoms with Crippen molar-refractivity contribution in [2.45, 2.75) is 42.6 Å². The molecule has 4 saturated carbocycles. The van der Waals surface area contributed by atoms with Gasteiger partial charge in [-0.05, 0) is 74.1 Å². The molecule has 4 fully saturated rings. The molecular formula is C26H28N2O6S. The summed E-state index contributed by atoms with van der Waals surface area (Å²) in [4.78, 5) is 27.8. The number of nitrogens with zero attached hydrogens (tertiary/aromatic N) is 1. The quantitative estimate of drug-likeness (QED) is 0.554. The molecule has 0 saturated heterocycles. The van der Waals surface area contributed by atoms with E-state index in [1.807, 2.05) is 0 Å². The Balaban J connectivity index is 1.52. The average Bonchev–Trinajstić information content (AvgIpc) is 3.28. The summed E-state index contributed by atoms with van der Waals surface area (Å²) in [5.74, 6) is -0.343. The molecule has 4 aliphatic rings. The summed E-state index contributed by atoms with van der Waals surface area (Å²) < 4.78 is 56.0. The van der Waals surface area contributed by atoms with Crippen LogP contribution in [0.3, 0.4) is 0 Å². The first kappa shape index (κ1) is 19.2. The lowest BCUT2D eigenvalue weighted by Crippen LogP contribution is -2.58. The van der Waals surface area contributed by atoms with Crippen LogP contribution in [0.5, 0.6) is 5.75 Å². The minimum absolute atomic E-state index is 0.0198. The predicted molar refractivity (Wildman–Crippen MR) is 130 cm³/mol. The van der Waals surface area contributed by atoms with Crippen LogP contribution in [0.4, 0.5) is 0 Å². The molecule has 7 rings (SSSR count). The van der Waals surface area contributed by atoms with Gasteiger partial charge in [-0.3, -0.25) is 9.59 Å². The number of aromatic amines is 1. The van der Waals surface area contributed by atoms with Crippen LogP contribution in [0.15, 0.2) is 46.3 Å². The number of aromatic nitrogens is 2. The SMILES string of the molecule is [2H]C([2H])([2H])n1cc(-c2cc(S(C)(=O)=O)ccc2OC23CC4CC(C2)C(C(=O)O)C(C4)C3)c2cc[nH]c2c1=O. The van der Waals surface area contributed by atoms with Gasteiger partial charge in [-0.2, -0.15) is 0 Å². The largest absolute Gasteiger partial charge is 0.487 e. The van der Waals surface area contributed by atoms with Gasteiger partial charge in [-0.15, -0.1) is 0 Å². The molecule has 2 aromatic heterocycles. The van der Waals surface area contributed by atoms with E-state index in [4.69, 9.17) is 8.85 Å². The van der Waals surface area contributed by atoms with Gasteiger partial charge in [0.15, 0.2) is 9.84 Å². The third-order valence-electron chi connectivity index (χ3n) is 8.23. The van der Waals surface area contributed by atoms with Gasteiger partial charge in [-0.25, -0.2) is 8.42 Å². The zero-order chi connectivity index (χ0) is 27.2. The predicted octanol–water partition coefficient (Wildman–Crippen LogP) is 3.60. The molecule has 0 aliphatic heterocycles. The second-order valence-electron chi connectivity index (χ2n) is 10.5. The van der Waals surface area contributed by atoms with Gasteiger partial charge in [-0.1, -0.05) is 0 Å². The van der Waals surface area contributed by atoms with E-state index >= 15 is 0 Å². The maximum Gasteiger partial charge on any atom is 0.307 e. The second kappa shape index (κ2) is 7.46. The van der Waals surface area contributed by atoms with E-state index in [0.717, 1.165) is 25.5 Å². The summed E-state index contributed by atoms with van der Waals surface area (Å²) in [6.45, 7) is -2.76. The molecule has 9 heteroatoms. The minimum atomic E-state index is -3.61. The van der Waals surface area contributed by atoms with E-state index in [0.29, 0.717) is 45.6 Å². The number of hydrogen-bond donors (Lipinski definition) is 2. The number of carboxylic acids is 1. The molecule has 2 N–H and O–H groups in total. The summed E-state index contributed by atoms with van der Waals surface area (Å²) in [7, 11) is -3.61. The number of rotatable bonds is 5. The molecule has 8 nitrogen and oxygen atoms in total. The van der Waals surface area contributed by atoms with E-state index in [-0.39, 0.29) is 28.2 Å². The molecule has 4 bridgehead atoms. The first-order valence-corrected chi connectivity index (χ1v) is 13.6. The van der Waals surface area contributed by atoms with Crippen molar-refractivity contribution in [3.05, 3.63) is 47.0 Å². The van der Waals surface area contributed by atoms with Crippen molar-refractivity contribution in [3.63, 3.8) is 0 Å². The average molecular weight is 500 g/mol. The minimum Gasteiger partial charge on any atom is -0.487 e. The number of aryl methyl sites for hydroxylation is 1. The number of aliphatic carboxylic acids is 1. The van der Waals surface area contributed by atoms with E-state index < -0.39 is 33.9 Å². The number of carboxylic acid groups (broad SMARTS) is 1. The summed E-state index contributed by atoms with van der Waals surface area (Å²) in [5, 5.41) is 10.3. The maximum atomic E-state index is 12.9. The number of H-pyrrole nitrogens is 1. The summed E-state index contributed by atoms with van der Waals surface area (Å²) in [6, 6.07) is 6.15. The van der Waals surface area contributed by atoms with E-state index in [1.54, 1.807) is 12.1 Å². The molecule has 0 amide bonds. The monoisotopic (exact) mass is 499 g/mol. The molecule has 2 atom stereocenters. The van der Waals surface area contributed by atoms with E-state index in [1.165, 1.54) is 24.5 Å². The van der Waals surface area contributed by atoms with Gasteiger partial charge in [0.1, 0.15) is 16.9 Å². The Bertz CT molecular complexity index is 1620. The Labute approximate surface area is 207 Å². The molecule has 3 aromatic rings. The van der Waals surface area contributed by atoms with Crippen LogP contribution >= 0.6 is 0 Å². The topological polar surface area (TPSA) is 118 Å². The molecule has 4 aliphatic carbocycles. The van der Waals surface area contributed by atoms with Crippen molar-refractivity contribution in [2.24, 2.45) is 30.6 Å². The van der Waals surface area contributed by atoms with Crippen molar-refractivity contribution in [3.8, 4) is 16.9 Å². The number of nitrogens with one attached hydrogen (secondary N) is 1. The number of carbonyl (C=O) groups is 1. The fraction of sp³-hybridized carbons (Fsp3) is 0.462. The van der Waals surface area contributed by atoms with Crippen molar-refractivity contribution >= 4 is 26.7 Å². The molecule has 0 spiro atoms. The Morgan fingerprint density at radius 1 is 1.20 bits per heavy atom. The maximum absolute atomic E-state index is 12.9. The number of sulfone groups is 1. The Morgan fingerprint density at radius 2 is 1.94 bits per heavy atom. The zero-order valence-corrected chi connectivity index (χ0v) is 20.0. The fourth-order valence-electron chi connectivity index (χ4n) is 7.11. The smallest absolute Gasteiger partial charge is 0.307 e. The first-order valence-electron chi connectivity index (χ1n) is 13.3. The number of benzene rings is 1. The third-order valence-corrected chi connectivity index (χ3v) is 9.34. The van der Waals surface area contributed by atoms with Crippen LogP contribution in [0.1, 0.15) is 36.2 Å². The van der Waals surface area contributed by atoms with Crippen molar-refractivity contribution in [1.82, 2.24) is 9.55 Å². The first-order chi connectivity index (χ1) is 17.8. The van der Waals surface area contributed by atoms with Crippen molar-refractivity contribution in [2.75, 3.05) is 6.26 Å². The lowest BCUT2D eigenvalue weighted by molar-refractivity contribution is -0.171. The van der Waals surface area contributed by atoms with Crippen LogP contribution in [0.2, 0.25) is 0 Å². The molecule has 2 unspecified atom stereocenters. The third kappa shape index (κ3) is 3.51. The number of hydrogen-bond acceptors (Lipinski definition) is 5. The molecule has 0 radical (unpaired) electrons. The summed E-state index contributed by atoms with van der Waals surface area (Å²) >= 11 is 0. The van der Waals surface area contributed by atoms with Gasteiger partial charge in [0.25, 0.3) is 5.56 Å². The number of fused-ring (bicyclic) bond motifs is 1. The number of ether oxygens (including phenoxy) is 1. The van der Waals surface area contributed by atoms with Crippen LogP contribution in [-0.4, -0.2) is 40.9 Å². The van der Waals surface area contributed by atoms with Crippen LogP contribution < -0.4 is 10.3 Å². The lowest BCUT2D eigenvalue weighted by atomic mass is 9.50. The fourth-order valence-corrected chi connectivity index (χ4v) is 7.76. The van der Waals surface area contributed by atoms with Crippen LogP contribution in [0, 0.1) is 23.7 Å². The van der Waals surface area contributed by atoms with Crippen molar-refractivity contribution in [1.29, 1.82) is 0 Å². The highest BCUT2D eigenvalue weighted by Gasteiger charge is 2.58. The van der Waals surface area contributed by atoms with E-state index in [9.17, 15) is 23.1 Å². The van der Waals surface area contributed by atoms with Gasteiger partial charge < -0.3 is 19.4 Å². The zero-order valence-electron chi connectivity index (χ0n) is 22.2. The number of pyridine rings is 1. The molecule has 35 heavy (non-hydrogen) atoms. The summed E-state index contributed by atoms with van der Waals surface area (Å²) in [5.41, 5.74) is -0.490. The second-order valence-corrected chi connectivity index (χ2v) is 12.5.